The summed E-state index contributed by atoms with van der Waals surface area (Å²) in [6.45, 7) is 0.393. The van der Waals surface area contributed by atoms with Gasteiger partial charge in [-0.15, -0.1) is 0 Å². The Labute approximate surface area is 125 Å². The topological polar surface area (TPSA) is 14.2 Å². The first-order chi connectivity index (χ1) is 10.5. The maximum Gasteiger partial charge on any atom is 0.416 e. The molecule has 3 rings (SSSR count). The third-order valence-electron chi connectivity index (χ3n) is 3.47. The van der Waals surface area contributed by atoms with Gasteiger partial charge >= 0.3 is 6.18 Å². The fourth-order valence-corrected chi connectivity index (χ4v) is 2.29. The van der Waals surface area contributed by atoms with Gasteiger partial charge < -0.3 is 4.84 Å². The SMILES string of the molecule is FC(F)(F)c1ccc(CCOn2ccc3ccccc32)cc1. The molecule has 0 N–H and O–H groups in total. The van der Waals surface area contributed by atoms with E-state index in [4.69, 9.17) is 4.84 Å². The van der Waals surface area contributed by atoms with Gasteiger partial charge in [0.25, 0.3) is 0 Å². The minimum Gasteiger partial charge on any atom is -0.413 e. The Morgan fingerprint density at radius 3 is 2.36 bits per heavy atom. The largest absolute Gasteiger partial charge is 0.416 e. The van der Waals surface area contributed by atoms with Crippen LogP contribution in [-0.2, 0) is 12.6 Å². The summed E-state index contributed by atoms with van der Waals surface area (Å²) >= 11 is 0. The number of rotatable bonds is 4. The average molecular weight is 305 g/mol. The lowest BCUT2D eigenvalue weighted by molar-refractivity contribution is -0.137. The predicted molar refractivity (Wildman–Crippen MR) is 78.5 cm³/mol. The van der Waals surface area contributed by atoms with Crippen LogP contribution in [0.2, 0.25) is 0 Å². The summed E-state index contributed by atoms with van der Waals surface area (Å²) in [5.74, 6) is 0. The highest BCUT2D eigenvalue weighted by Gasteiger charge is 2.29. The molecule has 0 spiro atoms. The van der Waals surface area contributed by atoms with Gasteiger partial charge in [0, 0.05) is 18.0 Å². The lowest BCUT2D eigenvalue weighted by Crippen LogP contribution is -2.13. The number of alkyl halides is 3. The van der Waals surface area contributed by atoms with Crippen LogP contribution < -0.4 is 4.84 Å². The lowest BCUT2D eigenvalue weighted by atomic mass is 10.1. The molecule has 0 bridgehead atoms. The van der Waals surface area contributed by atoms with Crippen LogP contribution >= 0.6 is 0 Å². The van der Waals surface area contributed by atoms with Crippen molar-refractivity contribution in [2.24, 2.45) is 0 Å². The van der Waals surface area contributed by atoms with Crippen molar-refractivity contribution in [1.29, 1.82) is 0 Å². The van der Waals surface area contributed by atoms with Crippen molar-refractivity contribution in [2.45, 2.75) is 12.6 Å². The van der Waals surface area contributed by atoms with Gasteiger partial charge in [0.1, 0.15) is 6.61 Å². The Morgan fingerprint density at radius 2 is 1.64 bits per heavy atom. The Kier molecular flexibility index (Phi) is 3.79. The lowest BCUT2D eigenvalue weighted by Gasteiger charge is -2.10. The number of fused-ring (bicyclic) bond motifs is 1. The highest BCUT2D eigenvalue weighted by atomic mass is 19.4. The number of aromatic nitrogens is 1. The summed E-state index contributed by atoms with van der Waals surface area (Å²) in [6.07, 6.45) is -1.92. The van der Waals surface area contributed by atoms with Crippen LogP contribution in [0.25, 0.3) is 10.9 Å². The van der Waals surface area contributed by atoms with Crippen LogP contribution in [0.5, 0.6) is 0 Å². The summed E-state index contributed by atoms with van der Waals surface area (Å²) in [6, 6.07) is 14.9. The van der Waals surface area contributed by atoms with Gasteiger partial charge in [0.05, 0.1) is 11.1 Å². The molecular formula is C17H14F3NO. The van der Waals surface area contributed by atoms with E-state index in [-0.39, 0.29) is 0 Å². The molecular weight excluding hydrogens is 291 g/mol. The highest BCUT2D eigenvalue weighted by molar-refractivity contribution is 5.79. The third kappa shape index (κ3) is 3.08. The molecule has 0 atom stereocenters. The van der Waals surface area contributed by atoms with Gasteiger partial charge in [-0.25, -0.2) is 0 Å². The van der Waals surface area contributed by atoms with E-state index in [2.05, 4.69) is 0 Å². The maximum atomic E-state index is 12.5. The summed E-state index contributed by atoms with van der Waals surface area (Å²) in [4.78, 5) is 5.66. The molecule has 0 aliphatic rings. The van der Waals surface area contributed by atoms with E-state index >= 15 is 0 Å². The van der Waals surface area contributed by atoms with Crippen LogP contribution in [0, 0.1) is 0 Å². The van der Waals surface area contributed by atoms with Crippen molar-refractivity contribution in [2.75, 3.05) is 6.61 Å². The normalized spacial score (nSPS) is 11.8. The predicted octanol–water partition coefficient (Wildman–Crippen LogP) is 4.33. The molecule has 0 fully saturated rings. The standard InChI is InChI=1S/C17H14F3NO/c18-17(19,20)15-7-5-13(6-8-15)10-12-22-21-11-9-14-3-1-2-4-16(14)21/h1-9,11H,10,12H2. The minimum atomic E-state index is -4.29. The third-order valence-corrected chi connectivity index (χ3v) is 3.47. The second kappa shape index (κ2) is 5.75. The number of hydrogen-bond acceptors (Lipinski definition) is 1. The summed E-state index contributed by atoms with van der Waals surface area (Å²) in [5.41, 5.74) is 1.15. The monoisotopic (exact) mass is 305 g/mol. The van der Waals surface area contributed by atoms with Crippen LogP contribution in [0.3, 0.4) is 0 Å². The van der Waals surface area contributed by atoms with Crippen molar-refractivity contribution >= 4 is 10.9 Å². The number of nitrogens with zero attached hydrogens (tertiary/aromatic N) is 1. The molecule has 5 heteroatoms. The maximum absolute atomic E-state index is 12.5. The Morgan fingerprint density at radius 1 is 0.909 bits per heavy atom. The zero-order valence-electron chi connectivity index (χ0n) is 11.7. The molecule has 22 heavy (non-hydrogen) atoms. The molecule has 114 valence electrons. The molecule has 2 nitrogen and oxygen atoms in total. The molecule has 2 aromatic carbocycles. The fourth-order valence-electron chi connectivity index (χ4n) is 2.29. The average Bonchev–Trinajstić information content (AvgIpc) is 2.90. The first-order valence-corrected chi connectivity index (χ1v) is 6.89. The van der Waals surface area contributed by atoms with Gasteiger partial charge in [0.2, 0.25) is 0 Å². The smallest absolute Gasteiger partial charge is 0.413 e. The molecule has 0 unspecified atom stereocenters. The van der Waals surface area contributed by atoms with Gasteiger partial charge in [-0.1, -0.05) is 30.3 Å². The van der Waals surface area contributed by atoms with E-state index in [0.29, 0.717) is 13.0 Å². The van der Waals surface area contributed by atoms with Crippen LogP contribution in [0.15, 0.2) is 60.8 Å². The zero-order valence-corrected chi connectivity index (χ0v) is 11.7. The van der Waals surface area contributed by atoms with Crippen LogP contribution in [0.1, 0.15) is 11.1 Å². The molecule has 1 aromatic heterocycles. The molecule has 0 aliphatic carbocycles. The van der Waals surface area contributed by atoms with Crippen LogP contribution in [0.4, 0.5) is 13.2 Å². The first-order valence-electron chi connectivity index (χ1n) is 6.89. The van der Waals surface area contributed by atoms with Gasteiger partial charge in [0.15, 0.2) is 0 Å². The van der Waals surface area contributed by atoms with E-state index in [0.717, 1.165) is 28.6 Å². The van der Waals surface area contributed by atoms with Crippen LogP contribution in [-0.4, -0.2) is 11.3 Å². The van der Waals surface area contributed by atoms with E-state index in [1.54, 1.807) is 4.73 Å². The van der Waals surface area contributed by atoms with E-state index in [9.17, 15) is 13.2 Å². The van der Waals surface area contributed by atoms with E-state index < -0.39 is 11.7 Å². The van der Waals surface area contributed by atoms with Crippen molar-refractivity contribution in [3.63, 3.8) is 0 Å². The fraction of sp³-hybridized carbons (Fsp3) is 0.176. The molecule has 0 aliphatic heterocycles. The Bertz CT molecular complexity index is 759. The first kappa shape index (κ1) is 14.5. The van der Waals surface area contributed by atoms with Crippen molar-refractivity contribution < 1.29 is 18.0 Å². The number of para-hydroxylation sites is 1. The number of hydrogen-bond donors (Lipinski definition) is 0. The highest BCUT2D eigenvalue weighted by Crippen LogP contribution is 2.29. The van der Waals surface area contributed by atoms with E-state index in [1.807, 2.05) is 36.5 Å². The van der Waals surface area contributed by atoms with Crippen molar-refractivity contribution in [1.82, 2.24) is 4.73 Å². The minimum absolute atomic E-state index is 0.393. The van der Waals surface area contributed by atoms with Gasteiger partial charge in [-0.05, 0) is 29.8 Å². The van der Waals surface area contributed by atoms with E-state index in [1.165, 1.54) is 12.1 Å². The number of halogens is 3. The summed E-state index contributed by atoms with van der Waals surface area (Å²) in [5, 5.41) is 1.08. The zero-order chi connectivity index (χ0) is 15.6. The van der Waals surface area contributed by atoms with Gasteiger partial charge in [-0.3, -0.25) is 0 Å². The quantitative estimate of drug-likeness (QED) is 0.700. The van der Waals surface area contributed by atoms with Crippen molar-refractivity contribution in [3.05, 3.63) is 71.9 Å². The van der Waals surface area contributed by atoms with Crippen molar-refractivity contribution in [3.8, 4) is 0 Å². The summed E-state index contributed by atoms with van der Waals surface area (Å²) < 4.78 is 39.1. The molecule has 0 saturated carbocycles. The molecule has 3 aromatic rings. The van der Waals surface area contributed by atoms with Gasteiger partial charge in [-0.2, -0.15) is 17.9 Å². The molecule has 0 amide bonds. The second-order valence-corrected chi connectivity index (χ2v) is 4.98. The molecule has 0 radical (unpaired) electrons. The summed E-state index contributed by atoms with van der Waals surface area (Å²) in [7, 11) is 0. The molecule has 1 heterocycles. The second-order valence-electron chi connectivity index (χ2n) is 4.98. The molecule has 0 saturated heterocycles. The number of benzene rings is 2. The Balaban J connectivity index is 1.61. The Hall–Kier alpha value is -2.43.